The van der Waals surface area contributed by atoms with E-state index in [1.54, 1.807) is 11.9 Å². The Balaban J connectivity index is 1.62. The van der Waals surface area contributed by atoms with Crippen molar-refractivity contribution >= 4 is 11.8 Å². The van der Waals surface area contributed by atoms with Gasteiger partial charge in [0.05, 0.1) is 17.7 Å². The zero-order chi connectivity index (χ0) is 27.5. The molecule has 216 valence electrons. The number of aliphatic hydroxyl groups is 2. The minimum absolute atomic E-state index is 0.0420. The summed E-state index contributed by atoms with van der Waals surface area (Å²) in [5, 5.41) is 28.9. The predicted molar refractivity (Wildman–Crippen MR) is 147 cm³/mol. The second kappa shape index (κ2) is 12.2. The van der Waals surface area contributed by atoms with E-state index in [9.17, 15) is 19.8 Å². The molecule has 0 spiro atoms. The lowest BCUT2D eigenvalue weighted by Gasteiger charge is -2.40. The molecule has 0 radical (unpaired) electrons. The van der Waals surface area contributed by atoms with Gasteiger partial charge in [-0.05, 0) is 50.4 Å². The van der Waals surface area contributed by atoms with Crippen LogP contribution in [-0.2, 0) is 9.59 Å². The van der Waals surface area contributed by atoms with E-state index in [0.717, 1.165) is 44.9 Å². The Morgan fingerprint density at radius 1 is 1.11 bits per heavy atom. The summed E-state index contributed by atoms with van der Waals surface area (Å²) in [5.74, 6) is -0.380. The topological polar surface area (TPSA) is 108 Å². The number of nitrogens with zero attached hydrogens (tertiary/aromatic N) is 3. The normalized spacial score (nSPS) is 31.3. The summed E-state index contributed by atoms with van der Waals surface area (Å²) in [4.78, 5) is 28.3. The highest BCUT2D eigenvalue weighted by Gasteiger charge is 2.49. The van der Waals surface area contributed by atoms with Gasteiger partial charge in [-0.3, -0.25) is 14.6 Å². The first kappa shape index (κ1) is 29.3. The number of allylic oxidation sites excluding steroid dienone is 2. The lowest BCUT2D eigenvalue weighted by atomic mass is 9.80. The third-order valence-corrected chi connectivity index (χ3v) is 8.96. The van der Waals surface area contributed by atoms with E-state index in [1.165, 1.54) is 31.4 Å². The Morgan fingerprint density at radius 3 is 2.47 bits per heavy atom. The van der Waals surface area contributed by atoms with Crippen LogP contribution in [0.1, 0.15) is 104 Å². The van der Waals surface area contributed by atoms with Gasteiger partial charge < -0.3 is 20.4 Å². The Hall–Kier alpha value is -1.68. The van der Waals surface area contributed by atoms with Crippen LogP contribution in [0.4, 0.5) is 0 Å². The third-order valence-electron chi connectivity index (χ3n) is 8.96. The number of hydrogen-bond acceptors (Lipinski definition) is 7. The van der Waals surface area contributed by atoms with E-state index in [2.05, 4.69) is 42.7 Å². The Bertz CT molecular complexity index is 866. The number of aliphatic hydroxyl groups excluding tert-OH is 1. The van der Waals surface area contributed by atoms with Gasteiger partial charge in [-0.15, -0.1) is 0 Å². The van der Waals surface area contributed by atoms with Crippen LogP contribution in [0.15, 0.2) is 11.8 Å². The largest absolute Gasteiger partial charge is 0.391 e. The number of hydrazine groups is 2. The lowest BCUT2D eigenvalue weighted by Crippen LogP contribution is -2.60. The first-order valence-corrected chi connectivity index (χ1v) is 15.0. The van der Waals surface area contributed by atoms with Gasteiger partial charge in [0.25, 0.3) is 0 Å². The molecule has 4 N–H and O–H groups in total. The maximum absolute atomic E-state index is 14.2. The molecule has 3 fully saturated rings. The van der Waals surface area contributed by atoms with Gasteiger partial charge in [-0.25, -0.2) is 5.01 Å². The molecule has 2 aliphatic carbocycles. The molecule has 0 aromatic heterocycles. The summed E-state index contributed by atoms with van der Waals surface area (Å²) in [6.07, 6.45) is 14.4. The van der Waals surface area contributed by atoms with Crippen LogP contribution in [-0.4, -0.2) is 86.9 Å². The van der Waals surface area contributed by atoms with Crippen LogP contribution in [0.2, 0.25) is 0 Å². The average Bonchev–Trinajstić information content (AvgIpc) is 3.41. The van der Waals surface area contributed by atoms with Gasteiger partial charge >= 0.3 is 0 Å². The maximum Gasteiger partial charge on any atom is 0.242 e. The van der Waals surface area contributed by atoms with Gasteiger partial charge in [0.2, 0.25) is 11.8 Å². The van der Waals surface area contributed by atoms with Crippen molar-refractivity contribution in [2.24, 2.45) is 5.41 Å². The van der Waals surface area contributed by atoms with E-state index in [4.69, 9.17) is 0 Å². The number of rotatable bonds is 6. The number of likely N-dealkylation sites (tertiary alicyclic amines) is 1. The fourth-order valence-corrected chi connectivity index (χ4v) is 7.03. The number of hydrogen-bond donors (Lipinski definition) is 4. The zero-order valence-corrected chi connectivity index (χ0v) is 24.0. The Kier molecular flexibility index (Phi) is 9.43. The number of β-amino-alcohol motifs (C(OH)–C–C–N with tert-alkyl or cyclic N) is 1. The molecular formula is C29H51N5O4. The zero-order valence-electron chi connectivity index (χ0n) is 24.0. The number of likely N-dealkylation sites (N-methyl/N-ethyl adjacent to an activating group) is 1. The van der Waals surface area contributed by atoms with Crippen LogP contribution >= 0.6 is 0 Å². The van der Waals surface area contributed by atoms with Crippen molar-refractivity contribution in [1.82, 2.24) is 25.8 Å². The quantitative estimate of drug-likeness (QED) is 0.416. The number of carbonyl (C=O) groups excluding carboxylic acids is 2. The van der Waals surface area contributed by atoms with Crippen molar-refractivity contribution in [1.29, 1.82) is 0 Å². The summed E-state index contributed by atoms with van der Waals surface area (Å²) < 4.78 is 0. The van der Waals surface area contributed by atoms with E-state index in [-0.39, 0.29) is 30.8 Å². The molecule has 9 nitrogen and oxygen atoms in total. The smallest absolute Gasteiger partial charge is 0.242 e. The first-order valence-electron chi connectivity index (χ1n) is 15.0. The van der Waals surface area contributed by atoms with Gasteiger partial charge in [0.15, 0.2) is 0 Å². The molecule has 1 saturated carbocycles. The summed E-state index contributed by atoms with van der Waals surface area (Å²) in [5.41, 5.74) is 3.78. The molecule has 2 aliphatic heterocycles. The third kappa shape index (κ3) is 6.72. The van der Waals surface area contributed by atoms with Gasteiger partial charge in [-0.2, -0.15) is 5.53 Å². The summed E-state index contributed by atoms with van der Waals surface area (Å²) >= 11 is 0. The Morgan fingerprint density at radius 2 is 1.79 bits per heavy atom. The van der Waals surface area contributed by atoms with Crippen molar-refractivity contribution < 1.29 is 19.8 Å². The van der Waals surface area contributed by atoms with E-state index in [0.29, 0.717) is 13.0 Å². The van der Waals surface area contributed by atoms with Crippen molar-refractivity contribution in [3.63, 3.8) is 0 Å². The highest BCUT2D eigenvalue weighted by molar-refractivity contribution is 5.90. The van der Waals surface area contributed by atoms with Crippen LogP contribution in [0, 0.1) is 5.41 Å². The van der Waals surface area contributed by atoms with Gasteiger partial charge in [-0.1, -0.05) is 59.0 Å². The minimum Gasteiger partial charge on any atom is -0.391 e. The fraction of sp³-hybridized carbons (Fsp3) is 0.862. The van der Waals surface area contributed by atoms with Gasteiger partial charge in [0.1, 0.15) is 12.1 Å². The van der Waals surface area contributed by atoms with Gasteiger partial charge in [0, 0.05) is 32.3 Å². The predicted octanol–water partition coefficient (Wildman–Crippen LogP) is 2.84. The molecule has 2 heterocycles. The average molecular weight is 534 g/mol. The number of carbonyl (C=O) groups is 2. The molecule has 0 bridgehead atoms. The number of nitrogens with one attached hydrogen (secondary N) is 2. The Labute approximate surface area is 228 Å². The van der Waals surface area contributed by atoms with Crippen molar-refractivity contribution in [3.8, 4) is 0 Å². The molecule has 9 heteroatoms. The molecule has 2 amide bonds. The summed E-state index contributed by atoms with van der Waals surface area (Å²) in [6.45, 7) is 6.93. The summed E-state index contributed by atoms with van der Waals surface area (Å²) in [6, 6.07) is -1.17. The molecule has 1 unspecified atom stereocenters. The van der Waals surface area contributed by atoms with Crippen LogP contribution in [0.25, 0.3) is 0 Å². The van der Waals surface area contributed by atoms with Crippen LogP contribution < -0.4 is 10.9 Å². The second-order valence-electron chi connectivity index (χ2n) is 13.2. The van der Waals surface area contributed by atoms with Crippen LogP contribution in [0.5, 0.6) is 0 Å². The molecular weight excluding hydrogens is 482 g/mol. The molecule has 0 aromatic rings. The standard InChI is InChI=1S/C29H51N5O4/c1-28(2,3)25(27(37)32-20-23(35)17-24(32)26(36)30-4)33-19-22(18-29(38)15-11-8-12-16-29)34(31-33)21-13-9-6-5-7-10-14-21/h13,22-25,31,35,38H,5-12,14-20H2,1-4H3,(H,30,36)/b21-13+/t22?,23-,24+,25-/m1/s1. The van der Waals surface area contributed by atoms with Crippen molar-refractivity contribution in [2.75, 3.05) is 20.1 Å². The van der Waals surface area contributed by atoms with Crippen molar-refractivity contribution in [3.05, 3.63) is 11.8 Å². The first-order chi connectivity index (χ1) is 18.0. The molecule has 0 aromatic carbocycles. The summed E-state index contributed by atoms with van der Waals surface area (Å²) in [7, 11) is 1.57. The van der Waals surface area contributed by atoms with E-state index in [1.807, 2.05) is 5.01 Å². The maximum atomic E-state index is 14.2. The monoisotopic (exact) mass is 533 g/mol. The van der Waals surface area contributed by atoms with E-state index >= 15 is 0 Å². The highest BCUT2D eigenvalue weighted by atomic mass is 16.3. The van der Waals surface area contributed by atoms with Crippen LogP contribution in [0.3, 0.4) is 0 Å². The SMILES string of the molecule is CNC(=O)[C@@H]1C[C@@H](O)CN1C(=O)[C@@H](N1CC(CC2(O)CCCCC2)N(/C2=C/CCCCCC2)N1)C(C)(C)C. The second-order valence-corrected chi connectivity index (χ2v) is 13.2. The molecule has 38 heavy (non-hydrogen) atoms. The fourth-order valence-electron chi connectivity index (χ4n) is 7.03. The molecule has 4 rings (SSSR count). The number of amides is 2. The molecule has 4 aliphatic rings. The van der Waals surface area contributed by atoms with E-state index < -0.39 is 29.2 Å². The molecule has 2 saturated heterocycles. The molecule has 4 atom stereocenters. The highest BCUT2D eigenvalue weighted by Crippen LogP contribution is 2.38. The lowest BCUT2D eigenvalue weighted by molar-refractivity contribution is -0.148. The van der Waals surface area contributed by atoms with Crippen molar-refractivity contribution in [2.45, 2.75) is 134 Å². The minimum atomic E-state index is -0.710.